The highest BCUT2D eigenvalue weighted by Crippen LogP contribution is 2.31. The van der Waals surface area contributed by atoms with Gasteiger partial charge in [-0.1, -0.05) is 26.7 Å². The number of nitrogens with zero attached hydrogens (tertiary/aromatic N) is 2. The molecule has 1 heterocycles. The summed E-state index contributed by atoms with van der Waals surface area (Å²) in [4.78, 5) is 18.1. The number of halogens is 1. The molecule has 0 amide bonds. The lowest BCUT2D eigenvalue weighted by atomic mass is 10.1. The molecule has 0 unspecified atom stereocenters. The predicted octanol–water partition coefficient (Wildman–Crippen LogP) is 3.95. The standard InChI is InChI=1S/C15H21BrN2O2/c1-10(2)9-18(12-5-3-4-6-12)14-13(15(19)20)7-11(16)8-17-14/h7-8,10,12H,3-6,9H2,1-2H3,(H,19,20). The van der Waals surface area contributed by atoms with E-state index in [9.17, 15) is 9.90 Å². The number of carboxylic acids is 1. The van der Waals surface area contributed by atoms with Gasteiger partial charge in [-0.25, -0.2) is 9.78 Å². The average Bonchev–Trinajstić information content (AvgIpc) is 2.89. The molecule has 1 aliphatic rings. The summed E-state index contributed by atoms with van der Waals surface area (Å²) in [7, 11) is 0. The molecular formula is C15H21BrN2O2. The van der Waals surface area contributed by atoms with Crippen molar-refractivity contribution in [1.29, 1.82) is 0 Å². The zero-order valence-electron chi connectivity index (χ0n) is 12.0. The maximum absolute atomic E-state index is 11.5. The Morgan fingerprint density at radius 1 is 1.50 bits per heavy atom. The van der Waals surface area contributed by atoms with Gasteiger partial charge < -0.3 is 10.0 Å². The second kappa shape index (κ2) is 6.57. The molecule has 0 atom stereocenters. The van der Waals surface area contributed by atoms with Gasteiger partial charge >= 0.3 is 5.97 Å². The lowest BCUT2D eigenvalue weighted by molar-refractivity contribution is 0.0697. The number of carboxylic acid groups (broad SMARTS) is 1. The molecule has 20 heavy (non-hydrogen) atoms. The van der Waals surface area contributed by atoms with Gasteiger partial charge in [0.2, 0.25) is 0 Å². The van der Waals surface area contributed by atoms with E-state index in [1.807, 2.05) is 0 Å². The van der Waals surface area contributed by atoms with Gasteiger partial charge in [-0.05, 0) is 40.8 Å². The lowest BCUT2D eigenvalue weighted by Crippen LogP contribution is -2.38. The monoisotopic (exact) mass is 340 g/mol. The van der Waals surface area contributed by atoms with Crippen molar-refractivity contribution >= 4 is 27.7 Å². The second-order valence-corrected chi connectivity index (χ2v) is 6.73. The Kier molecular flexibility index (Phi) is 5.02. The molecule has 0 radical (unpaired) electrons. The van der Waals surface area contributed by atoms with E-state index in [-0.39, 0.29) is 5.56 Å². The molecule has 5 heteroatoms. The predicted molar refractivity (Wildman–Crippen MR) is 83.3 cm³/mol. The smallest absolute Gasteiger partial charge is 0.339 e. The van der Waals surface area contributed by atoms with Gasteiger partial charge in [0, 0.05) is 23.3 Å². The topological polar surface area (TPSA) is 53.4 Å². The third kappa shape index (κ3) is 3.51. The van der Waals surface area contributed by atoms with Gasteiger partial charge in [-0.2, -0.15) is 0 Å². The summed E-state index contributed by atoms with van der Waals surface area (Å²) in [5, 5.41) is 9.43. The van der Waals surface area contributed by atoms with E-state index < -0.39 is 5.97 Å². The second-order valence-electron chi connectivity index (χ2n) is 5.81. The Balaban J connectivity index is 2.39. The Bertz CT molecular complexity index is 485. The van der Waals surface area contributed by atoms with Crippen molar-refractivity contribution in [2.24, 2.45) is 5.92 Å². The van der Waals surface area contributed by atoms with Gasteiger partial charge in [0.25, 0.3) is 0 Å². The molecule has 0 saturated heterocycles. The molecule has 1 aliphatic carbocycles. The van der Waals surface area contributed by atoms with E-state index in [4.69, 9.17) is 0 Å². The third-order valence-electron chi connectivity index (χ3n) is 3.66. The van der Waals surface area contributed by atoms with Crippen LogP contribution in [0.1, 0.15) is 49.9 Å². The summed E-state index contributed by atoms with van der Waals surface area (Å²) in [5.74, 6) is 0.171. The minimum atomic E-state index is -0.916. The summed E-state index contributed by atoms with van der Waals surface area (Å²) in [6.45, 7) is 5.15. The van der Waals surface area contributed by atoms with Crippen LogP contribution in [-0.4, -0.2) is 28.6 Å². The fourth-order valence-corrected chi connectivity index (χ4v) is 3.17. The SMILES string of the molecule is CC(C)CN(c1ncc(Br)cc1C(=O)O)C1CCCC1. The van der Waals surface area contributed by atoms with Crippen molar-refractivity contribution in [3.63, 3.8) is 0 Å². The normalized spacial score (nSPS) is 15.8. The van der Waals surface area contributed by atoms with E-state index in [1.54, 1.807) is 12.3 Å². The minimum Gasteiger partial charge on any atom is -0.478 e. The van der Waals surface area contributed by atoms with Crippen molar-refractivity contribution < 1.29 is 9.90 Å². The van der Waals surface area contributed by atoms with Gasteiger partial charge in [-0.15, -0.1) is 0 Å². The molecule has 0 bridgehead atoms. The van der Waals surface area contributed by atoms with Gasteiger partial charge in [0.1, 0.15) is 11.4 Å². The van der Waals surface area contributed by atoms with Crippen LogP contribution < -0.4 is 4.90 Å². The molecule has 1 fully saturated rings. The molecule has 0 aliphatic heterocycles. The van der Waals surface area contributed by atoms with E-state index in [0.29, 0.717) is 22.3 Å². The number of hydrogen-bond donors (Lipinski definition) is 1. The van der Waals surface area contributed by atoms with Crippen LogP contribution in [-0.2, 0) is 0 Å². The number of carbonyl (C=O) groups is 1. The van der Waals surface area contributed by atoms with Gasteiger partial charge in [0.05, 0.1) is 0 Å². The fourth-order valence-electron chi connectivity index (χ4n) is 2.84. The highest BCUT2D eigenvalue weighted by molar-refractivity contribution is 9.10. The molecule has 0 spiro atoms. The van der Waals surface area contributed by atoms with Crippen LogP contribution in [0.2, 0.25) is 0 Å². The number of hydrogen-bond acceptors (Lipinski definition) is 3. The van der Waals surface area contributed by atoms with E-state index in [0.717, 1.165) is 19.4 Å². The van der Waals surface area contributed by atoms with Crippen LogP contribution in [0.5, 0.6) is 0 Å². The van der Waals surface area contributed by atoms with Crippen molar-refractivity contribution in [2.45, 2.75) is 45.6 Å². The van der Waals surface area contributed by atoms with Crippen LogP contribution >= 0.6 is 15.9 Å². The van der Waals surface area contributed by atoms with Crippen LogP contribution in [0.25, 0.3) is 0 Å². The Hall–Kier alpha value is -1.10. The summed E-state index contributed by atoms with van der Waals surface area (Å²) < 4.78 is 0.703. The number of rotatable bonds is 5. The fraction of sp³-hybridized carbons (Fsp3) is 0.600. The van der Waals surface area contributed by atoms with Crippen molar-refractivity contribution in [3.8, 4) is 0 Å². The van der Waals surface area contributed by atoms with Crippen molar-refractivity contribution in [2.75, 3.05) is 11.4 Å². The van der Waals surface area contributed by atoms with Crippen molar-refractivity contribution in [1.82, 2.24) is 4.98 Å². The molecule has 4 nitrogen and oxygen atoms in total. The first-order valence-corrected chi connectivity index (χ1v) is 7.94. The van der Waals surface area contributed by atoms with Crippen LogP contribution in [0, 0.1) is 5.92 Å². The number of aromatic carboxylic acids is 1. The number of aromatic nitrogens is 1. The summed E-state index contributed by atoms with van der Waals surface area (Å²) in [5.41, 5.74) is 0.284. The van der Waals surface area contributed by atoms with Crippen LogP contribution in [0.4, 0.5) is 5.82 Å². The molecule has 2 rings (SSSR count). The first-order chi connectivity index (χ1) is 9.49. The summed E-state index contributed by atoms with van der Waals surface area (Å²) in [6, 6.07) is 2.07. The highest BCUT2D eigenvalue weighted by Gasteiger charge is 2.27. The Morgan fingerprint density at radius 2 is 2.15 bits per heavy atom. The molecule has 1 N–H and O–H groups in total. The highest BCUT2D eigenvalue weighted by atomic mass is 79.9. The summed E-state index contributed by atoms with van der Waals surface area (Å²) in [6.07, 6.45) is 6.38. The third-order valence-corrected chi connectivity index (χ3v) is 4.10. The maximum atomic E-state index is 11.5. The zero-order valence-corrected chi connectivity index (χ0v) is 13.6. The van der Waals surface area contributed by atoms with E-state index >= 15 is 0 Å². The Labute approximate surface area is 128 Å². The largest absolute Gasteiger partial charge is 0.478 e. The van der Waals surface area contributed by atoms with Crippen LogP contribution in [0.3, 0.4) is 0 Å². The quantitative estimate of drug-likeness (QED) is 0.881. The molecule has 1 aromatic rings. The van der Waals surface area contributed by atoms with Gasteiger partial charge in [0.15, 0.2) is 0 Å². The lowest BCUT2D eigenvalue weighted by Gasteiger charge is -2.32. The average molecular weight is 341 g/mol. The first kappa shape index (κ1) is 15.3. The minimum absolute atomic E-state index is 0.284. The first-order valence-electron chi connectivity index (χ1n) is 7.14. The van der Waals surface area contributed by atoms with Crippen LogP contribution in [0.15, 0.2) is 16.7 Å². The molecule has 0 aromatic carbocycles. The summed E-state index contributed by atoms with van der Waals surface area (Å²) >= 11 is 3.30. The maximum Gasteiger partial charge on any atom is 0.339 e. The van der Waals surface area contributed by atoms with E-state index in [2.05, 4.69) is 39.7 Å². The molecule has 110 valence electrons. The number of pyridine rings is 1. The Morgan fingerprint density at radius 3 is 2.70 bits per heavy atom. The zero-order chi connectivity index (χ0) is 14.7. The van der Waals surface area contributed by atoms with E-state index in [1.165, 1.54) is 12.8 Å². The molecule has 1 saturated carbocycles. The van der Waals surface area contributed by atoms with Crippen molar-refractivity contribution in [3.05, 3.63) is 22.3 Å². The number of anilines is 1. The van der Waals surface area contributed by atoms with Gasteiger partial charge in [-0.3, -0.25) is 0 Å². The molecular weight excluding hydrogens is 320 g/mol. The molecule has 1 aromatic heterocycles.